The molecule has 5 nitrogen and oxygen atoms in total. The summed E-state index contributed by atoms with van der Waals surface area (Å²) in [5, 5.41) is 5.87. The fourth-order valence-corrected chi connectivity index (χ4v) is 4.93. The van der Waals surface area contributed by atoms with Crippen molar-refractivity contribution in [3.8, 4) is 34.1 Å². The van der Waals surface area contributed by atoms with E-state index < -0.39 is 11.9 Å². The Labute approximate surface area is 248 Å². The summed E-state index contributed by atoms with van der Waals surface area (Å²) in [5.41, 5.74) is 3.31. The molecule has 0 radical (unpaired) electrons. The molecule has 41 heavy (non-hydrogen) atoms. The number of aryl methyl sites for hydroxylation is 1. The van der Waals surface area contributed by atoms with Gasteiger partial charge in [-0.25, -0.2) is 9.67 Å². The van der Waals surface area contributed by atoms with Gasteiger partial charge in [0.25, 0.3) is 0 Å². The van der Waals surface area contributed by atoms with Crippen molar-refractivity contribution < 1.29 is 34.6 Å². The fraction of sp³-hybridized carbons (Fsp3) is 0.0303. The van der Waals surface area contributed by atoms with Crippen molar-refractivity contribution in [2.75, 3.05) is 0 Å². The van der Waals surface area contributed by atoms with Crippen molar-refractivity contribution in [3.63, 3.8) is 0 Å². The van der Waals surface area contributed by atoms with Crippen LogP contribution in [0, 0.1) is 31.0 Å². The molecule has 0 spiro atoms. The second-order valence-corrected chi connectivity index (χ2v) is 9.37. The zero-order valence-corrected chi connectivity index (χ0v) is 23.9. The third-order valence-electron chi connectivity index (χ3n) is 6.74. The van der Waals surface area contributed by atoms with E-state index in [4.69, 9.17) is 4.74 Å². The Morgan fingerprint density at radius 2 is 1.56 bits per heavy atom. The number of fused-ring (bicyclic) bond motifs is 3. The molecule has 0 aliphatic heterocycles. The van der Waals surface area contributed by atoms with Crippen LogP contribution >= 0.6 is 0 Å². The van der Waals surface area contributed by atoms with Gasteiger partial charge in [-0.3, -0.25) is 0 Å². The molecule has 3 aromatic heterocycles. The molecule has 202 valence electrons. The van der Waals surface area contributed by atoms with Gasteiger partial charge in [-0.1, -0.05) is 54.0 Å². The molecule has 7 rings (SSSR count). The monoisotopic (exact) mass is 721 g/mol. The van der Waals surface area contributed by atoms with Crippen molar-refractivity contribution in [1.29, 1.82) is 0 Å². The Morgan fingerprint density at radius 1 is 0.780 bits per heavy atom. The zero-order valence-electron chi connectivity index (χ0n) is 21.6. The van der Waals surface area contributed by atoms with Crippen molar-refractivity contribution in [2.24, 2.45) is 0 Å². The SMILES string of the molecule is Cc1ccnc(-n2c3[c-]c(Oc4[c-]c(-n5nc(F)c(-c6ccccc6)c5F)ccc4)ccc3c3ccccc32)c1.[Pt+2]. The largest absolute Gasteiger partial charge is 2.00 e. The van der Waals surface area contributed by atoms with E-state index >= 15 is 4.39 Å². The van der Waals surface area contributed by atoms with Crippen molar-refractivity contribution >= 4 is 21.8 Å². The first-order chi connectivity index (χ1) is 19.6. The number of hydrogen-bond acceptors (Lipinski definition) is 3. The molecule has 0 unspecified atom stereocenters. The molecule has 0 amide bonds. The van der Waals surface area contributed by atoms with Gasteiger partial charge in [0.05, 0.1) is 5.56 Å². The van der Waals surface area contributed by atoms with Crippen LogP contribution in [-0.4, -0.2) is 19.3 Å². The summed E-state index contributed by atoms with van der Waals surface area (Å²) in [6, 6.07) is 35.7. The standard InChI is InChI=1S/C33H20F2N4O.Pt/c1-21-16-17-36-30(18-21)38-28-13-6-5-12-26(28)27-15-14-25(20-29(27)38)40-24-11-7-10-23(19-24)39-33(35)31(32(34)37-39)22-8-3-2-4-9-22;/h2-18H,1H3;/q-2;+2. The Balaban J connectivity index is 0.00000302. The van der Waals surface area contributed by atoms with Crippen LogP contribution in [0.3, 0.4) is 0 Å². The normalized spacial score (nSPS) is 11.1. The quantitative estimate of drug-likeness (QED) is 0.169. The number of nitrogens with zero attached hydrogens (tertiary/aromatic N) is 4. The Kier molecular flexibility index (Phi) is 6.98. The van der Waals surface area contributed by atoms with Gasteiger partial charge in [0, 0.05) is 23.2 Å². The van der Waals surface area contributed by atoms with Gasteiger partial charge in [0.15, 0.2) is 0 Å². The number of halogens is 2. The van der Waals surface area contributed by atoms with Crippen LogP contribution in [0.25, 0.3) is 44.4 Å². The van der Waals surface area contributed by atoms with Crippen LogP contribution in [0.5, 0.6) is 11.5 Å². The van der Waals surface area contributed by atoms with Crippen LogP contribution < -0.4 is 4.74 Å². The molecule has 0 bridgehead atoms. The molecule has 0 N–H and O–H groups in total. The number of rotatable bonds is 5. The number of para-hydroxylation sites is 1. The van der Waals surface area contributed by atoms with E-state index in [9.17, 15) is 4.39 Å². The molecule has 0 atom stereocenters. The molecule has 0 saturated heterocycles. The molecular weight excluding hydrogens is 701 g/mol. The maximum atomic E-state index is 15.3. The van der Waals surface area contributed by atoms with E-state index in [1.165, 1.54) is 0 Å². The number of aromatic nitrogens is 4. The van der Waals surface area contributed by atoms with Gasteiger partial charge >= 0.3 is 21.1 Å². The summed E-state index contributed by atoms with van der Waals surface area (Å²) in [7, 11) is 0. The van der Waals surface area contributed by atoms with E-state index in [2.05, 4.69) is 32.8 Å². The summed E-state index contributed by atoms with van der Waals surface area (Å²) in [4.78, 5) is 4.60. The summed E-state index contributed by atoms with van der Waals surface area (Å²) < 4.78 is 39.1. The predicted octanol–water partition coefficient (Wildman–Crippen LogP) is 8.01. The molecule has 0 fully saturated rings. The minimum absolute atomic E-state index is 0. The van der Waals surface area contributed by atoms with E-state index in [0.29, 0.717) is 17.1 Å². The average Bonchev–Trinajstić information content (AvgIpc) is 3.46. The van der Waals surface area contributed by atoms with E-state index in [1.807, 2.05) is 49.4 Å². The van der Waals surface area contributed by atoms with Crippen LogP contribution in [0.2, 0.25) is 0 Å². The Morgan fingerprint density at radius 3 is 2.39 bits per heavy atom. The smallest absolute Gasteiger partial charge is 0.509 e. The minimum Gasteiger partial charge on any atom is -0.509 e. The zero-order chi connectivity index (χ0) is 27.2. The Bertz CT molecular complexity index is 2040. The first kappa shape index (κ1) is 26.6. The average molecular weight is 722 g/mol. The maximum Gasteiger partial charge on any atom is 2.00 e. The third-order valence-corrected chi connectivity index (χ3v) is 6.74. The summed E-state index contributed by atoms with van der Waals surface area (Å²) >= 11 is 0. The van der Waals surface area contributed by atoms with Gasteiger partial charge < -0.3 is 9.30 Å². The van der Waals surface area contributed by atoms with Crippen molar-refractivity contribution in [1.82, 2.24) is 19.3 Å². The molecule has 3 heterocycles. The second kappa shape index (κ2) is 10.8. The number of pyridine rings is 1. The predicted molar refractivity (Wildman–Crippen MR) is 150 cm³/mol. The van der Waals surface area contributed by atoms with E-state index in [-0.39, 0.29) is 32.3 Å². The van der Waals surface area contributed by atoms with E-state index in [1.54, 1.807) is 54.7 Å². The Hall–Kier alpha value is -4.61. The van der Waals surface area contributed by atoms with Crippen molar-refractivity contribution in [3.05, 3.63) is 133 Å². The number of hydrogen-bond donors (Lipinski definition) is 0. The molecule has 0 aliphatic carbocycles. The second-order valence-electron chi connectivity index (χ2n) is 9.37. The molecular formula is C33H20F2N4OPt. The van der Waals surface area contributed by atoms with Gasteiger partial charge in [-0.15, -0.1) is 40.8 Å². The number of benzene rings is 4. The van der Waals surface area contributed by atoms with Gasteiger partial charge in [-0.05, 0) is 47.3 Å². The van der Waals surface area contributed by atoms with Crippen molar-refractivity contribution in [2.45, 2.75) is 6.92 Å². The minimum atomic E-state index is -0.903. The topological polar surface area (TPSA) is 44.9 Å². The first-order valence-corrected chi connectivity index (χ1v) is 12.7. The molecule has 8 heteroatoms. The van der Waals surface area contributed by atoms with Crippen LogP contribution in [0.4, 0.5) is 8.78 Å². The van der Waals surface area contributed by atoms with E-state index in [0.717, 1.165) is 37.9 Å². The summed E-state index contributed by atoms with van der Waals surface area (Å²) in [6.45, 7) is 2.03. The third kappa shape index (κ3) is 4.72. The summed E-state index contributed by atoms with van der Waals surface area (Å²) in [6.07, 6.45) is 1.78. The van der Waals surface area contributed by atoms with Gasteiger partial charge in [-0.2, -0.15) is 20.9 Å². The first-order valence-electron chi connectivity index (χ1n) is 12.7. The fourth-order valence-electron chi connectivity index (χ4n) is 4.93. The molecule has 0 saturated carbocycles. The van der Waals surface area contributed by atoms with Gasteiger partial charge in [0.1, 0.15) is 5.82 Å². The van der Waals surface area contributed by atoms with Gasteiger partial charge in [0.2, 0.25) is 11.9 Å². The summed E-state index contributed by atoms with van der Waals surface area (Å²) in [5.74, 6) is -0.200. The number of ether oxygens (including phenoxy) is 1. The molecule has 0 aliphatic rings. The van der Waals surface area contributed by atoms with Crippen LogP contribution in [-0.2, 0) is 21.1 Å². The maximum absolute atomic E-state index is 15.3. The van der Waals surface area contributed by atoms with Crippen LogP contribution in [0.15, 0.2) is 103 Å². The molecule has 4 aromatic carbocycles. The molecule has 7 aromatic rings. The van der Waals surface area contributed by atoms with Crippen LogP contribution in [0.1, 0.15) is 5.56 Å².